The summed E-state index contributed by atoms with van der Waals surface area (Å²) in [4.78, 5) is 12.5. The fourth-order valence-electron chi connectivity index (χ4n) is 2.44. The second-order valence-electron chi connectivity index (χ2n) is 5.19. The smallest absolute Gasteiger partial charge is 0.259 e. The zero-order valence-corrected chi connectivity index (χ0v) is 14.4. The lowest BCUT2D eigenvalue weighted by atomic mass is 9.98. The van der Waals surface area contributed by atoms with Gasteiger partial charge in [0.15, 0.2) is 0 Å². The number of allylic oxidation sites excluding steroid dienone is 8. The summed E-state index contributed by atoms with van der Waals surface area (Å²) in [5.74, 6) is -0.393. The Morgan fingerprint density at radius 1 is 1.12 bits per heavy atom. The largest absolute Gasteiger partial charge is 0.365 e. The highest BCUT2D eigenvalue weighted by Crippen LogP contribution is 2.37. The minimum atomic E-state index is -0.393. The fourth-order valence-corrected chi connectivity index (χ4v) is 3.53. The van der Waals surface area contributed by atoms with E-state index in [9.17, 15) is 4.79 Å². The van der Waals surface area contributed by atoms with Crippen LogP contribution in [0.2, 0.25) is 0 Å². The summed E-state index contributed by atoms with van der Waals surface area (Å²) >= 11 is 1.44. The second kappa shape index (κ2) is 8.85. The molecule has 0 aliphatic rings. The molecular weight excluding hydrogens is 314 g/mol. The monoisotopic (exact) mass is 335 g/mol. The average Bonchev–Trinajstić information content (AvgIpc) is 2.97. The Hall–Kier alpha value is -2.65. The van der Waals surface area contributed by atoms with Crippen molar-refractivity contribution in [3.8, 4) is 0 Å². The van der Waals surface area contributed by atoms with Crippen LogP contribution in [0.5, 0.6) is 0 Å². The maximum atomic E-state index is 11.9. The van der Waals surface area contributed by atoms with E-state index in [0.29, 0.717) is 11.3 Å². The molecule has 122 valence electrons. The molecule has 0 unspecified atom stereocenters. The van der Waals surface area contributed by atoms with Crippen LogP contribution in [0.4, 0.5) is 0 Å². The molecule has 0 radical (unpaired) electrons. The molecule has 0 bridgehead atoms. The summed E-state index contributed by atoms with van der Waals surface area (Å²) in [7, 11) is 0. The molecule has 1 aromatic carbocycles. The number of thiophene rings is 1. The van der Waals surface area contributed by atoms with Gasteiger partial charge in [0.1, 0.15) is 4.88 Å². The van der Waals surface area contributed by atoms with Gasteiger partial charge in [-0.05, 0) is 24.5 Å². The maximum absolute atomic E-state index is 11.9. The van der Waals surface area contributed by atoms with E-state index < -0.39 is 5.91 Å². The maximum Gasteiger partial charge on any atom is 0.259 e. The van der Waals surface area contributed by atoms with Crippen LogP contribution in [-0.2, 0) is 0 Å². The fraction of sp³-hybridized carbons (Fsp3) is 0.0952. The summed E-state index contributed by atoms with van der Waals surface area (Å²) in [5.41, 5.74) is 7.55. The van der Waals surface area contributed by atoms with Gasteiger partial charge in [-0.15, -0.1) is 24.5 Å². The van der Waals surface area contributed by atoms with Crippen LogP contribution in [-0.4, -0.2) is 5.91 Å². The first kappa shape index (κ1) is 17.7. The normalized spacial score (nSPS) is 12.2. The molecule has 0 saturated carbocycles. The van der Waals surface area contributed by atoms with Crippen LogP contribution in [0, 0.1) is 0 Å². The lowest BCUT2D eigenvalue weighted by molar-refractivity contribution is 0.100. The molecule has 1 heterocycles. The van der Waals surface area contributed by atoms with Crippen LogP contribution in [0.3, 0.4) is 0 Å². The third-order valence-electron chi connectivity index (χ3n) is 3.46. The van der Waals surface area contributed by atoms with Crippen LogP contribution in [0.1, 0.15) is 28.1 Å². The number of hydrogen-bond donors (Lipinski definition) is 1. The van der Waals surface area contributed by atoms with Gasteiger partial charge in [-0.3, -0.25) is 4.79 Å². The highest BCUT2D eigenvalue weighted by atomic mass is 32.1. The van der Waals surface area contributed by atoms with Crippen LogP contribution < -0.4 is 5.73 Å². The van der Waals surface area contributed by atoms with E-state index in [1.807, 2.05) is 66.8 Å². The lowest BCUT2D eigenvalue weighted by Crippen LogP contribution is -2.10. The minimum Gasteiger partial charge on any atom is -0.365 e. The first-order chi connectivity index (χ1) is 11.7. The number of nitrogens with two attached hydrogens (primary N) is 1. The number of primary amides is 1. The molecule has 2 nitrogen and oxygen atoms in total. The van der Waals surface area contributed by atoms with Crippen molar-refractivity contribution in [2.75, 3.05) is 0 Å². The lowest BCUT2D eigenvalue weighted by Gasteiger charge is -2.06. The number of carbonyl (C=O) groups is 1. The van der Waals surface area contributed by atoms with Crippen molar-refractivity contribution in [2.45, 2.75) is 12.8 Å². The van der Waals surface area contributed by atoms with Crippen molar-refractivity contribution in [1.29, 1.82) is 0 Å². The molecule has 2 aromatic rings. The molecule has 1 aromatic heterocycles. The molecule has 2 rings (SSSR count). The Kier molecular flexibility index (Phi) is 6.52. The van der Waals surface area contributed by atoms with Crippen molar-refractivity contribution in [2.24, 2.45) is 5.73 Å². The SMILES string of the molecule is C=CC/C=C/C=C/C=C(/CC=C)c1c(C(N)=O)sc2ccccc12. The van der Waals surface area contributed by atoms with Crippen molar-refractivity contribution in [1.82, 2.24) is 0 Å². The van der Waals surface area contributed by atoms with E-state index in [4.69, 9.17) is 5.73 Å². The summed E-state index contributed by atoms with van der Waals surface area (Å²) in [6, 6.07) is 7.98. The quantitative estimate of drug-likeness (QED) is 0.492. The molecule has 0 fully saturated rings. The topological polar surface area (TPSA) is 43.1 Å². The summed E-state index contributed by atoms with van der Waals surface area (Å²) in [5, 5.41) is 1.06. The third kappa shape index (κ3) is 4.21. The van der Waals surface area contributed by atoms with Crippen LogP contribution in [0.15, 0.2) is 80.0 Å². The number of amides is 1. The Morgan fingerprint density at radius 3 is 2.62 bits per heavy atom. The summed E-state index contributed by atoms with van der Waals surface area (Å²) < 4.78 is 1.06. The Labute approximate surface area is 147 Å². The predicted octanol–water partition coefficient (Wildman–Crippen LogP) is 5.65. The molecule has 0 atom stereocenters. The summed E-state index contributed by atoms with van der Waals surface area (Å²) in [6.07, 6.45) is 15.1. The Balaban J connectivity index is 2.49. The van der Waals surface area contributed by atoms with E-state index in [2.05, 4.69) is 13.2 Å². The van der Waals surface area contributed by atoms with E-state index in [-0.39, 0.29) is 0 Å². The highest BCUT2D eigenvalue weighted by Gasteiger charge is 2.18. The van der Waals surface area contributed by atoms with Gasteiger partial charge in [0.2, 0.25) is 0 Å². The third-order valence-corrected chi connectivity index (χ3v) is 4.65. The number of rotatable bonds is 8. The van der Waals surface area contributed by atoms with Gasteiger partial charge >= 0.3 is 0 Å². The molecule has 0 aliphatic carbocycles. The predicted molar refractivity (Wildman–Crippen MR) is 106 cm³/mol. The molecule has 0 spiro atoms. The molecular formula is C21H21NOS. The van der Waals surface area contributed by atoms with Gasteiger partial charge in [-0.1, -0.05) is 60.7 Å². The van der Waals surface area contributed by atoms with Crippen molar-refractivity contribution < 1.29 is 4.79 Å². The molecule has 3 heteroatoms. The molecule has 24 heavy (non-hydrogen) atoms. The van der Waals surface area contributed by atoms with Gasteiger partial charge in [-0.25, -0.2) is 0 Å². The highest BCUT2D eigenvalue weighted by molar-refractivity contribution is 7.21. The first-order valence-electron chi connectivity index (χ1n) is 7.75. The number of hydrogen-bond acceptors (Lipinski definition) is 2. The summed E-state index contributed by atoms with van der Waals surface area (Å²) in [6.45, 7) is 7.51. The van der Waals surface area contributed by atoms with Gasteiger partial charge in [0, 0.05) is 15.6 Å². The van der Waals surface area contributed by atoms with E-state index in [1.54, 1.807) is 0 Å². The molecule has 0 aliphatic heterocycles. The minimum absolute atomic E-state index is 0.393. The van der Waals surface area contributed by atoms with E-state index >= 15 is 0 Å². The van der Waals surface area contributed by atoms with Gasteiger partial charge in [0.05, 0.1) is 0 Å². The number of fused-ring (bicyclic) bond motifs is 1. The number of benzene rings is 1. The average molecular weight is 335 g/mol. The van der Waals surface area contributed by atoms with Crippen LogP contribution in [0.25, 0.3) is 15.7 Å². The zero-order valence-electron chi connectivity index (χ0n) is 13.6. The van der Waals surface area contributed by atoms with E-state index in [1.165, 1.54) is 11.3 Å². The van der Waals surface area contributed by atoms with E-state index in [0.717, 1.165) is 27.6 Å². The molecule has 2 N–H and O–H groups in total. The van der Waals surface area contributed by atoms with Gasteiger partial charge in [-0.2, -0.15) is 0 Å². The van der Waals surface area contributed by atoms with Crippen molar-refractivity contribution in [3.05, 3.63) is 90.4 Å². The first-order valence-corrected chi connectivity index (χ1v) is 8.56. The Bertz CT molecular complexity index is 837. The number of carbonyl (C=O) groups excluding carboxylic acids is 1. The molecule has 0 saturated heterocycles. The van der Waals surface area contributed by atoms with Crippen LogP contribution >= 0.6 is 11.3 Å². The standard InChI is InChI=1S/C21H21NOS/c1-3-5-6-7-8-9-13-16(12-4-2)19-17-14-10-11-15-18(17)24-20(19)21(22)23/h3-4,6-11,13-15H,1-2,5,12H2,(H2,22,23)/b7-6+,9-8+,16-13-. The second-order valence-corrected chi connectivity index (χ2v) is 6.24. The zero-order chi connectivity index (χ0) is 17.4. The van der Waals surface area contributed by atoms with Gasteiger partial charge < -0.3 is 5.73 Å². The van der Waals surface area contributed by atoms with Gasteiger partial charge in [0.25, 0.3) is 5.91 Å². The van der Waals surface area contributed by atoms with Crippen molar-refractivity contribution in [3.63, 3.8) is 0 Å². The molecule has 1 amide bonds. The Morgan fingerprint density at radius 2 is 1.92 bits per heavy atom. The van der Waals surface area contributed by atoms with Crippen molar-refractivity contribution >= 4 is 32.9 Å².